The first-order valence-corrected chi connectivity index (χ1v) is 6.63. The summed E-state index contributed by atoms with van der Waals surface area (Å²) in [6.45, 7) is 2.09. The fourth-order valence-corrected chi connectivity index (χ4v) is 2.01. The molecule has 1 heterocycles. The monoisotopic (exact) mass is 276 g/mol. The van der Waals surface area contributed by atoms with Gasteiger partial charge in [0, 0.05) is 17.7 Å². The Morgan fingerprint density at radius 1 is 1.15 bits per heavy atom. The molecule has 1 aromatic carbocycles. The van der Waals surface area contributed by atoms with E-state index < -0.39 is 0 Å². The van der Waals surface area contributed by atoms with Gasteiger partial charge >= 0.3 is 0 Å². The molecule has 2 aromatic rings. The summed E-state index contributed by atoms with van der Waals surface area (Å²) in [5.74, 6) is 2.12. The van der Waals surface area contributed by atoms with Crippen molar-refractivity contribution in [3.63, 3.8) is 0 Å². The summed E-state index contributed by atoms with van der Waals surface area (Å²) in [5.41, 5.74) is 7.63. The van der Waals surface area contributed by atoms with Crippen molar-refractivity contribution in [1.82, 2.24) is 5.16 Å². The Hall–Kier alpha value is -2.01. The smallest absolute Gasteiger partial charge is 0.154 e. The highest BCUT2D eigenvalue weighted by Crippen LogP contribution is 2.30. The first-order valence-electron chi connectivity index (χ1n) is 6.63. The number of methoxy groups -OCH3 is 2. The highest BCUT2D eigenvalue weighted by molar-refractivity contribution is 5.63. The predicted molar refractivity (Wildman–Crippen MR) is 76.9 cm³/mol. The van der Waals surface area contributed by atoms with E-state index in [4.69, 9.17) is 19.7 Å². The van der Waals surface area contributed by atoms with Crippen LogP contribution >= 0.6 is 0 Å². The van der Waals surface area contributed by atoms with Gasteiger partial charge in [-0.15, -0.1) is 0 Å². The van der Waals surface area contributed by atoms with Crippen LogP contribution in [0.3, 0.4) is 0 Å². The molecule has 20 heavy (non-hydrogen) atoms. The summed E-state index contributed by atoms with van der Waals surface area (Å²) in [6.07, 6.45) is 1.88. The molecule has 5 nitrogen and oxygen atoms in total. The van der Waals surface area contributed by atoms with Gasteiger partial charge in [-0.1, -0.05) is 18.5 Å². The van der Waals surface area contributed by atoms with Crippen LogP contribution in [0.15, 0.2) is 28.8 Å². The minimum Gasteiger partial charge on any atom is -0.497 e. The Labute approximate surface area is 118 Å². The third-order valence-electron chi connectivity index (χ3n) is 3.14. The van der Waals surface area contributed by atoms with Gasteiger partial charge in [-0.05, 0) is 18.6 Å². The van der Waals surface area contributed by atoms with Crippen LogP contribution in [0.1, 0.15) is 31.6 Å². The molecule has 1 unspecified atom stereocenters. The van der Waals surface area contributed by atoms with Crippen LogP contribution in [-0.2, 0) is 0 Å². The first-order chi connectivity index (χ1) is 9.67. The van der Waals surface area contributed by atoms with Gasteiger partial charge < -0.3 is 19.7 Å². The van der Waals surface area contributed by atoms with E-state index >= 15 is 0 Å². The van der Waals surface area contributed by atoms with Crippen LogP contribution in [0.25, 0.3) is 11.3 Å². The van der Waals surface area contributed by atoms with E-state index in [0.29, 0.717) is 17.3 Å². The lowest BCUT2D eigenvalue weighted by atomic mass is 10.1. The minimum absolute atomic E-state index is 0.117. The Balaban J connectivity index is 2.31. The molecule has 0 aliphatic heterocycles. The van der Waals surface area contributed by atoms with Crippen molar-refractivity contribution in [1.29, 1.82) is 0 Å². The second-order valence-corrected chi connectivity index (χ2v) is 4.61. The lowest BCUT2D eigenvalue weighted by Crippen LogP contribution is -2.08. The van der Waals surface area contributed by atoms with Crippen LogP contribution in [0.5, 0.6) is 11.5 Å². The fourth-order valence-electron chi connectivity index (χ4n) is 2.01. The molecule has 0 bridgehead atoms. The zero-order valence-electron chi connectivity index (χ0n) is 12.1. The average Bonchev–Trinajstić information content (AvgIpc) is 2.97. The minimum atomic E-state index is -0.117. The van der Waals surface area contributed by atoms with Crippen molar-refractivity contribution in [2.24, 2.45) is 5.73 Å². The van der Waals surface area contributed by atoms with E-state index in [9.17, 15) is 0 Å². The van der Waals surface area contributed by atoms with Crippen LogP contribution in [-0.4, -0.2) is 19.4 Å². The zero-order chi connectivity index (χ0) is 14.5. The van der Waals surface area contributed by atoms with Gasteiger partial charge in [0.15, 0.2) is 5.76 Å². The number of benzene rings is 1. The number of nitrogens with zero attached hydrogens (tertiary/aromatic N) is 1. The van der Waals surface area contributed by atoms with Gasteiger partial charge in [-0.25, -0.2) is 0 Å². The number of rotatable bonds is 6. The van der Waals surface area contributed by atoms with Crippen molar-refractivity contribution >= 4 is 0 Å². The summed E-state index contributed by atoms with van der Waals surface area (Å²) in [7, 11) is 3.23. The normalized spacial score (nSPS) is 12.2. The Morgan fingerprint density at radius 3 is 2.35 bits per heavy atom. The van der Waals surface area contributed by atoms with Crippen LogP contribution < -0.4 is 15.2 Å². The maximum Gasteiger partial charge on any atom is 0.154 e. The largest absolute Gasteiger partial charge is 0.497 e. The van der Waals surface area contributed by atoms with E-state index in [1.165, 1.54) is 0 Å². The van der Waals surface area contributed by atoms with Gasteiger partial charge in [0.25, 0.3) is 0 Å². The van der Waals surface area contributed by atoms with Gasteiger partial charge in [0.2, 0.25) is 0 Å². The quantitative estimate of drug-likeness (QED) is 0.877. The highest BCUT2D eigenvalue weighted by atomic mass is 16.5. The van der Waals surface area contributed by atoms with Crippen LogP contribution in [0.2, 0.25) is 0 Å². The molecule has 0 aliphatic rings. The predicted octanol–water partition coefficient (Wildman–Crippen LogP) is 3.16. The van der Waals surface area contributed by atoms with Crippen molar-refractivity contribution in [3.05, 3.63) is 30.0 Å². The van der Waals surface area contributed by atoms with Crippen molar-refractivity contribution in [2.75, 3.05) is 14.2 Å². The molecule has 2 N–H and O–H groups in total. The molecule has 0 amide bonds. The van der Waals surface area contributed by atoms with Crippen molar-refractivity contribution in [2.45, 2.75) is 25.8 Å². The van der Waals surface area contributed by atoms with Crippen LogP contribution in [0, 0.1) is 0 Å². The molecule has 108 valence electrons. The molecular weight excluding hydrogens is 256 g/mol. The lowest BCUT2D eigenvalue weighted by Gasteiger charge is -2.06. The number of ether oxygens (including phenoxy) is 2. The Bertz CT molecular complexity index is 544. The maximum absolute atomic E-state index is 6.03. The van der Waals surface area contributed by atoms with E-state index in [-0.39, 0.29) is 6.04 Å². The second kappa shape index (κ2) is 6.43. The van der Waals surface area contributed by atoms with Gasteiger partial charge in [0.05, 0.1) is 20.3 Å². The first kappa shape index (κ1) is 14.4. The van der Waals surface area contributed by atoms with E-state index in [1.807, 2.05) is 24.3 Å². The zero-order valence-corrected chi connectivity index (χ0v) is 12.1. The Morgan fingerprint density at radius 2 is 1.80 bits per heavy atom. The average molecular weight is 276 g/mol. The summed E-state index contributed by atoms with van der Waals surface area (Å²) in [5, 5.41) is 4.07. The number of nitrogens with two attached hydrogens (primary N) is 1. The molecular formula is C15H20N2O3. The SMILES string of the molecule is CCCC(N)c1cc(-c2cc(OC)cc(OC)c2)no1. The molecule has 1 atom stereocenters. The fraction of sp³-hybridized carbons (Fsp3) is 0.400. The van der Waals surface area contributed by atoms with Gasteiger partial charge in [-0.2, -0.15) is 0 Å². The van der Waals surface area contributed by atoms with E-state index in [1.54, 1.807) is 14.2 Å². The van der Waals surface area contributed by atoms with Gasteiger partial charge in [0.1, 0.15) is 17.2 Å². The molecule has 0 saturated carbocycles. The van der Waals surface area contributed by atoms with E-state index in [2.05, 4.69) is 12.1 Å². The topological polar surface area (TPSA) is 70.5 Å². The molecule has 0 aliphatic carbocycles. The molecule has 1 aromatic heterocycles. The maximum atomic E-state index is 6.03. The summed E-state index contributed by atoms with van der Waals surface area (Å²) in [6, 6.07) is 7.33. The lowest BCUT2D eigenvalue weighted by molar-refractivity contribution is 0.356. The molecule has 2 rings (SSSR count). The van der Waals surface area contributed by atoms with Crippen molar-refractivity contribution < 1.29 is 14.0 Å². The van der Waals surface area contributed by atoms with Crippen LogP contribution in [0.4, 0.5) is 0 Å². The number of hydrogen-bond donors (Lipinski definition) is 1. The molecule has 0 spiro atoms. The molecule has 0 fully saturated rings. The molecule has 0 saturated heterocycles. The summed E-state index contributed by atoms with van der Waals surface area (Å²) >= 11 is 0. The standard InChI is InChI=1S/C15H20N2O3/c1-4-5-13(16)15-9-14(17-20-15)10-6-11(18-2)8-12(7-10)19-3/h6-9,13H,4-5,16H2,1-3H3. The third-order valence-corrected chi connectivity index (χ3v) is 3.14. The summed E-state index contributed by atoms with van der Waals surface area (Å²) in [4.78, 5) is 0. The Kier molecular flexibility index (Phi) is 4.63. The second-order valence-electron chi connectivity index (χ2n) is 4.61. The molecule has 5 heteroatoms. The van der Waals surface area contributed by atoms with Gasteiger partial charge in [-0.3, -0.25) is 0 Å². The third kappa shape index (κ3) is 3.11. The number of hydrogen-bond acceptors (Lipinski definition) is 5. The van der Waals surface area contributed by atoms with E-state index in [0.717, 1.165) is 24.1 Å². The molecule has 0 radical (unpaired) electrons. The number of aromatic nitrogens is 1. The highest BCUT2D eigenvalue weighted by Gasteiger charge is 2.14. The van der Waals surface area contributed by atoms with Crippen molar-refractivity contribution in [3.8, 4) is 22.8 Å². The summed E-state index contributed by atoms with van der Waals surface area (Å²) < 4.78 is 15.8.